The zero-order valence-electron chi connectivity index (χ0n) is 17.0. The lowest BCUT2D eigenvalue weighted by Crippen LogP contribution is -2.35. The number of amides is 1. The molecule has 1 N–H and O–H groups in total. The summed E-state index contributed by atoms with van der Waals surface area (Å²) in [5.74, 6) is 0.882. The van der Waals surface area contributed by atoms with E-state index in [1.165, 1.54) is 23.1 Å². The zero-order chi connectivity index (χ0) is 19.8. The molecule has 1 unspecified atom stereocenters. The smallest absolute Gasteiger partial charge is 0.256 e. The number of benzene rings is 1. The Morgan fingerprint density at radius 2 is 2.21 bits per heavy atom. The summed E-state index contributed by atoms with van der Waals surface area (Å²) in [6.07, 6.45) is 4.44. The number of nitrogens with one attached hydrogen (secondary N) is 1. The van der Waals surface area contributed by atoms with Gasteiger partial charge in [0, 0.05) is 49.2 Å². The van der Waals surface area contributed by atoms with E-state index in [-0.39, 0.29) is 5.91 Å². The molecule has 0 spiro atoms. The summed E-state index contributed by atoms with van der Waals surface area (Å²) in [7, 11) is 0. The number of carbonyl (C=O) groups excluding carboxylic acids is 1. The number of thiazole rings is 1. The molecule has 5 nitrogen and oxygen atoms in total. The second-order valence-electron chi connectivity index (χ2n) is 8.56. The van der Waals surface area contributed by atoms with Crippen molar-refractivity contribution in [3.05, 3.63) is 51.6 Å². The lowest BCUT2D eigenvalue weighted by Gasteiger charge is -2.22. The maximum atomic E-state index is 13.4. The Morgan fingerprint density at radius 1 is 1.28 bits per heavy atom. The lowest BCUT2D eigenvalue weighted by atomic mass is 9.87. The molecule has 1 saturated heterocycles. The minimum Gasteiger partial charge on any atom is -0.358 e. The summed E-state index contributed by atoms with van der Waals surface area (Å²) in [6.45, 7) is 6.71. The van der Waals surface area contributed by atoms with Crippen molar-refractivity contribution in [3.8, 4) is 0 Å². The highest BCUT2D eigenvalue weighted by atomic mass is 32.1. The molecule has 0 bridgehead atoms. The third-order valence-electron chi connectivity index (χ3n) is 6.44. The molecule has 6 heteroatoms. The van der Waals surface area contributed by atoms with Crippen molar-refractivity contribution < 1.29 is 4.79 Å². The topological polar surface area (TPSA) is 52.2 Å². The average molecular weight is 409 g/mol. The molecule has 152 valence electrons. The number of hydrogen-bond donors (Lipinski definition) is 1. The fourth-order valence-electron chi connectivity index (χ4n) is 4.84. The fourth-order valence-corrected chi connectivity index (χ4v) is 5.39. The van der Waals surface area contributed by atoms with Crippen LogP contribution in [0.15, 0.2) is 29.1 Å². The summed E-state index contributed by atoms with van der Waals surface area (Å²) < 4.78 is 0. The SMILES string of the molecule is CC1CCc2[nH]c3c(C(=O)N4CCCN(Cc5cscn5)CC4)cccc3c2C1. The van der Waals surface area contributed by atoms with Gasteiger partial charge in [0.05, 0.1) is 22.3 Å². The van der Waals surface area contributed by atoms with Gasteiger partial charge in [-0.1, -0.05) is 19.1 Å². The van der Waals surface area contributed by atoms with E-state index in [2.05, 4.69) is 39.3 Å². The first-order chi connectivity index (χ1) is 14.2. The molecule has 1 atom stereocenters. The van der Waals surface area contributed by atoms with Gasteiger partial charge in [0.1, 0.15) is 0 Å². The van der Waals surface area contributed by atoms with Crippen LogP contribution in [0, 0.1) is 5.92 Å². The third kappa shape index (κ3) is 3.71. The highest BCUT2D eigenvalue weighted by molar-refractivity contribution is 7.07. The maximum Gasteiger partial charge on any atom is 0.256 e. The molecular formula is C23H28N4OS. The Morgan fingerprint density at radius 3 is 3.07 bits per heavy atom. The van der Waals surface area contributed by atoms with Crippen molar-refractivity contribution in [1.29, 1.82) is 0 Å². The average Bonchev–Trinajstić information content (AvgIpc) is 3.30. The Hall–Kier alpha value is -2.18. The molecule has 0 saturated carbocycles. The van der Waals surface area contributed by atoms with E-state index >= 15 is 0 Å². The molecule has 3 heterocycles. The van der Waals surface area contributed by atoms with Crippen LogP contribution in [0.4, 0.5) is 0 Å². The minimum atomic E-state index is 0.165. The molecule has 1 aliphatic heterocycles. The van der Waals surface area contributed by atoms with E-state index in [1.807, 2.05) is 16.5 Å². The van der Waals surface area contributed by atoms with Crippen LogP contribution in [0.5, 0.6) is 0 Å². The largest absolute Gasteiger partial charge is 0.358 e. The fraction of sp³-hybridized carbons (Fsp3) is 0.478. The Balaban J connectivity index is 1.36. The van der Waals surface area contributed by atoms with Crippen molar-refractivity contribution in [3.63, 3.8) is 0 Å². The normalized spacial score (nSPS) is 20.6. The van der Waals surface area contributed by atoms with Crippen molar-refractivity contribution in [2.24, 2.45) is 5.92 Å². The molecule has 0 radical (unpaired) electrons. The number of rotatable bonds is 3. The minimum absolute atomic E-state index is 0.165. The molecule has 2 aliphatic rings. The zero-order valence-corrected chi connectivity index (χ0v) is 17.8. The quantitative estimate of drug-likeness (QED) is 0.710. The Bertz CT molecular complexity index is 1010. The highest BCUT2D eigenvalue weighted by Gasteiger charge is 2.25. The van der Waals surface area contributed by atoms with E-state index in [9.17, 15) is 4.79 Å². The number of aryl methyl sites for hydroxylation is 1. The van der Waals surface area contributed by atoms with E-state index in [0.29, 0.717) is 0 Å². The number of para-hydroxylation sites is 1. The second-order valence-corrected chi connectivity index (χ2v) is 9.28. The van der Waals surface area contributed by atoms with E-state index in [0.717, 1.165) is 74.7 Å². The number of carbonyl (C=O) groups is 1. The molecule has 2 aromatic heterocycles. The molecule has 1 fully saturated rings. The Kier molecular flexibility index (Phi) is 5.14. The summed E-state index contributed by atoms with van der Waals surface area (Å²) in [6, 6.07) is 6.22. The van der Waals surface area contributed by atoms with E-state index < -0.39 is 0 Å². The van der Waals surface area contributed by atoms with Crippen LogP contribution in [0.3, 0.4) is 0 Å². The molecule has 1 aliphatic carbocycles. The number of nitrogens with zero attached hydrogens (tertiary/aromatic N) is 3. The molecule has 29 heavy (non-hydrogen) atoms. The number of H-pyrrole nitrogens is 1. The van der Waals surface area contributed by atoms with Gasteiger partial charge >= 0.3 is 0 Å². The van der Waals surface area contributed by atoms with Crippen LogP contribution in [-0.2, 0) is 19.4 Å². The van der Waals surface area contributed by atoms with Gasteiger partial charge in [0.25, 0.3) is 5.91 Å². The van der Waals surface area contributed by atoms with Gasteiger partial charge in [-0.2, -0.15) is 0 Å². The van der Waals surface area contributed by atoms with Crippen LogP contribution in [0.1, 0.15) is 47.1 Å². The third-order valence-corrected chi connectivity index (χ3v) is 7.08. The van der Waals surface area contributed by atoms with Crippen molar-refractivity contribution in [1.82, 2.24) is 19.8 Å². The first kappa shape index (κ1) is 18.8. The summed E-state index contributed by atoms with van der Waals surface area (Å²) in [5.41, 5.74) is 7.66. The number of aromatic nitrogens is 2. The summed E-state index contributed by atoms with van der Waals surface area (Å²) in [4.78, 5) is 25.9. The van der Waals surface area contributed by atoms with E-state index in [4.69, 9.17) is 0 Å². The number of fused-ring (bicyclic) bond motifs is 3. The van der Waals surface area contributed by atoms with E-state index in [1.54, 1.807) is 11.3 Å². The lowest BCUT2D eigenvalue weighted by molar-refractivity contribution is 0.0763. The van der Waals surface area contributed by atoms with Crippen LogP contribution < -0.4 is 0 Å². The van der Waals surface area contributed by atoms with Crippen LogP contribution >= 0.6 is 11.3 Å². The van der Waals surface area contributed by atoms with Gasteiger partial charge in [-0.3, -0.25) is 9.69 Å². The van der Waals surface area contributed by atoms with Gasteiger partial charge in [-0.25, -0.2) is 4.98 Å². The number of aromatic amines is 1. The molecule has 3 aromatic rings. The Labute approximate surface area is 175 Å². The van der Waals surface area contributed by atoms with Crippen LogP contribution in [0.2, 0.25) is 0 Å². The van der Waals surface area contributed by atoms with Gasteiger partial charge in [-0.15, -0.1) is 11.3 Å². The van der Waals surface area contributed by atoms with Gasteiger partial charge in [0.15, 0.2) is 0 Å². The summed E-state index contributed by atoms with van der Waals surface area (Å²) in [5, 5.41) is 3.36. The predicted octanol–water partition coefficient (Wildman–Crippen LogP) is 4.10. The highest BCUT2D eigenvalue weighted by Crippen LogP contribution is 2.33. The van der Waals surface area contributed by atoms with Crippen molar-refractivity contribution in [2.75, 3.05) is 26.2 Å². The monoisotopic (exact) mass is 408 g/mol. The van der Waals surface area contributed by atoms with Crippen molar-refractivity contribution in [2.45, 2.75) is 39.2 Å². The van der Waals surface area contributed by atoms with Gasteiger partial charge in [0.2, 0.25) is 0 Å². The standard InChI is InChI=1S/C23H28N4OS/c1-16-6-7-21-20(12-16)18-4-2-5-19(22(18)25-21)23(28)27-9-3-8-26(10-11-27)13-17-14-29-15-24-17/h2,4-5,14-16,25H,3,6-13H2,1H3. The van der Waals surface area contributed by atoms with Crippen molar-refractivity contribution >= 4 is 28.1 Å². The molecule has 5 rings (SSSR count). The second kappa shape index (κ2) is 7.92. The predicted molar refractivity (Wildman–Crippen MR) is 117 cm³/mol. The number of hydrogen-bond acceptors (Lipinski definition) is 4. The first-order valence-electron chi connectivity index (χ1n) is 10.7. The molecule has 1 aromatic carbocycles. The summed E-state index contributed by atoms with van der Waals surface area (Å²) >= 11 is 1.64. The molecular weight excluding hydrogens is 380 g/mol. The molecule has 1 amide bonds. The van der Waals surface area contributed by atoms with Gasteiger partial charge in [-0.05, 0) is 43.2 Å². The van der Waals surface area contributed by atoms with Crippen LogP contribution in [-0.4, -0.2) is 51.9 Å². The van der Waals surface area contributed by atoms with Gasteiger partial charge < -0.3 is 9.88 Å². The maximum absolute atomic E-state index is 13.4. The van der Waals surface area contributed by atoms with Crippen LogP contribution in [0.25, 0.3) is 10.9 Å². The first-order valence-corrected chi connectivity index (χ1v) is 11.6.